The summed E-state index contributed by atoms with van der Waals surface area (Å²) >= 11 is 0. The summed E-state index contributed by atoms with van der Waals surface area (Å²) < 4.78 is 66.3. The Bertz CT molecular complexity index is 872. The molecule has 0 saturated heterocycles. The van der Waals surface area contributed by atoms with Crippen molar-refractivity contribution in [3.63, 3.8) is 0 Å². The van der Waals surface area contributed by atoms with Gasteiger partial charge in [0.05, 0.1) is 0 Å². The molecule has 0 atom stereocenters. The number of aromatic nitrogens is 2. The van der Waals surface area contributed by atoms with E-state index in [4.69, 9.17) is 0 Å². The highest BCUT2D eigenvalue weighted by atomic mass is 19.4. The van der Waals surface area contributed by atoms with Crippen LogP contribution in [0.1, 0.15) is 22.8 Å². The number of halogens is 5. The summed E-state index contributed by atoms with van der Waals surface area (Å²) in [6.45, 7) is -0.597. The van der Waals surface area contributed by atoms with E-state index in [-0.39, 0.29) is 23.8 Å². The van der Waals surface area contributed by atoms with Crippen LogP contribution in [0, 0.1) is 0 Å². The molecule has 0 saturated carbocycles. The van der Waals surface area contributed by atoms with Crippen molar-refractivity contribution >= 4 is 17.6 Å². The van der Waals surface area contributed by atoms with Crippen LogP contribution in [0.25, 0.3) is 0 Å². The number of nitrogens with one attached hydrogen (secondary N) is 2. The largest absolute Gasteiger partial charge is 0.471 e. The van der Waals surface area contributed by atoms with Crippen LogP contribution in [0.4, 0.5) is 27.8 Å². The summed E-state index contributed by atoms with van der Waals surface area (Å²) in [5.74, 6) is -6.05. The molecule has 29 heavy (non-hydrogen) atoms. The van der Waals surface area contributed by atoms with Gasteiger partial charge in [0.25, 0.3) is 5.91 Å². The number of rotatable bonds is 7. The molecule has 0 aliphatic heterocycles. The molecule has 2 aromatic heterocycles. The van der Waals surface area contributed by atoms with Crippen LogP contribution in [0.3, 0.4) is 0 Å². The standard InChI is InChI=1S/C17H15F5N4O3/c1-10(27)26-13-6-12(4-5-23-13)15(28)25-8-11-2-3-14(24-7-11)29-9-16(18,19)17(20,21)22/h2-7H,8-9H2,1H3,(H,25,28)(H,23,26,27). The molecule has 2 rings (SSSR count). The van der Waals surface area contributed by atoms with Gasteiger partial charge in [-0.1, -0.05) is 6.07 Å². The highest BCUT2D eigenvalue weighted by molar-refractivity contribution is 5.96. The van der Waals surface area contributed by atoms with Crippen LogP contribution in [-0.2, 0) is 11.3 Å². The first-order valence-corrected chi connectivity index (χ1v) is 8.02. The Morgan fingerprint density at radius 1 is 1.10 bits per heavy atom. The lowest BCUT2D eigenvalue weighted by Crippen LogP contribution is -2.41. The molecular formula is C17H15F5N4O3. The van der Waals surface area contributed by atoms with E-state index in [1.54, 1.807) is 0 Å². The molecule has 7 nitrogen and oxygen atoms in total. The van der Waals surface area contributed by atoms with Crippen molar-refractivity contribution in [1.82, 2.24) is 15.3 Å². The third-order valence-corrected chi connectivity index (χ3v) is 3.39. The Hall–Kier alpha value is -3.31. The minimum atomic E-state index is -5.72. The van der Waals surface area contributed by atoms with Gasteiger partial charge >= 0.3 is 12.1 Å². The lowest BCUT2D eigenvalue weighted by Gasteiger charge is -2.19. The number of alkyl halides is 5. The third-order valence-electron chi connectivity index (χ3n) is 3.39. The fraction of sp³-hybridized carbons (Fsp3) is 0.294. The van der Waals surface area contributed by atoms with Crippen molar-refractivity contribution in [2.24, 2.45) is 0 Å². The van der Waals surface area contributed by atoms with Crippen molar-refractivity contribution < 1.29 is 36.3 Å². The van der Waals surface area contributed by atoms with Crippen molar-refractivity contribution in [1.29, 1.82) is 0 Å². The predicted octanol–water partition coefficient (Wildman–Crippen LogP) is 2.94. The van der Waals surface area contributed by atoms with Crippen molar-refractivity contribution in [2.45, 2.75) is 25.6 Å². The number of hydrogen-bond acceptors (Lipinski definition) is 5. The zero-order valence-corrected chi connectivity index (χ0v) is 14.9. The van der Waals surface area contributed by atoms with Gasteiger partial charge in [-0.25, -0.2) is 9.97 Å². The van der Waals surface area contributed by atoms with Crippen LogP contribution in [0.2, 0.25) is 0 Å². The quantitative estimate of drug-likeness (QED) is 0.675. The van der Waals surface area contributed by atoms with E-state index in [1.807, 2.05) is 0 Å². The SMILES string of the molecule is CC(=O)Nc1cc(C(=O)NCc2ccc(OCC(F)(F)C(F)(F)F)nc2)ccn1. The highest BCUT2D eigenvalue weighted by Crippen LogP contribution is 2.35. The molecule has 0 aliphatic carbocycles. The Labute approximate surface area is 161 Å². The maximum absolute atomic E-state index is 12.8. The number of pyridine rings is 2. The first-order valence-electron chi connectivity index (χ1n) is 8.02. The van der Waals surface area contributed by atoms with Gasteiger partial charge in [-0.05, 0) is 17.7 Å². The minimum Gasteiger partial charge on any atom is -0.471 e. The molecule has 2 heterocycles. The molecule has 2 amide bonds. The molecule has 2 aromatic rings. The zero-order valence-electron chi connectivity index (χ0n) is 14.9. The second-order valence-electron chi connectivity index (χ2n) is 5.79. The van der Waals surface area contributed by atoms with Gasteiger partial charge in [0.2, 0.25) is 11.8 Å². The molecule has 0 bridgehead atoms. The summed E-state index contributed by atoms with van der Waals surface area (Å²) in [6, 6.07) is 5.25. The molecule has 2 N–H and O–H groups in total. The second kappa shape index (κ2) is 8.80. The molecule has 12 heteroatoms. The topological polar surface area (TPSA) is 93.2 Å². The maximum atomic E-state index is 12.8. The minimum absolute atomic E-state index is 0.00260. The van der Waals surface area contributed by atoms with Gasteiger partial charge in [-0.2, -0.15) is 22.0 Å². The Kier molecular flexibility index (Phi) is 6.67. The number of carbonyl (C=O) groups is 2. The fourth-order valence-electron chi connectivity index (χ4n) is 1.95. The molecule has 0 aliphatic rings. The summed E-state index contributed by atoms with van der Waals surface area (Å²) in [4.78, 5) is 30.7. The third kappa shape index (κ3) is 6.36. The molecule has 0 spiro atoms. The number of ether oxygens (including phenoxy) is 1. The molecule has 0 aromatic carbocycles. The predicted molar refractivity (Wildman–Crippen MR) is 90.4 cm³/mol. The van der Waals surface area contributed by atoms with E-state index in [9.17, 15) is 31.5 Å². The summed E-state index contributed by atoms with van der Waals surface area (Å²) in [5, 5.41) is 5.00. The molecule has 0 radical (unpaired) electrons. The summed E-state index contributed by atoms with van der Waals surface area (Å²) in [7, 11) is 0. The van der Waals surface area contributed by atoms with Gasteiger partial charge in [0.15, 0.2) is 6.61 Å². The summed E-state index contributed by atoms with van der Waals surface area (Å²) in [6.07, 6.45) is -3.22. The molecule has 156 valence electrons. The Morgan fingerprint density at radius 2 is 1.83 bits per heavy atom. The number of anilines is 1. The second-order valence-corrected chi connectivity index (χ2v) is 5.79. The Balaban J connectivity index is 1.90. The highest BCUT2D eigenvalue weighted by Gasteiger charge is 2.58. The smallest absolute Gasteiger partial charge is 0.456 e. The molecule has 0 fully saturated rings. The maximum Gasteiger partial charge on any atom is 0.456 e. The van der Waals surface area contributed by atoms with Crippen LogP contribution >= 0.6 is 0 Å². The van der Waals surface area contributed by atoms with Gasteiger partial charge in [-0.3, -0.25) is 9.59 Å². The lowest BCUT2D eigenvalue weighted by molar-refractivity contribution is -0.290. The van der Waals surface area contributed by atoms with Gasteiger partial charge in [0.1, 0.15) is 5.82 Å². The summed E-state index contributed by atoms with van der Waals surface area (Å²) in [5.41, 5.74) is 0.676. The number of amides is 2. The van der Waals surface area contributed by atoms with Crippen molar-refractivity contribution in [3.8, 4) is 5.88 Å². The normalized spacial score (nSPS) is 11.7. The van der Waals surface area contributed by atoms with Crippen molar-refractivity contribution in [3.05, 3.63) is 47.8 Å². The molecule has 0 unspecified atom stereocenters. The van der Waals surface area contributed by atoms with E-state index in [0.29, 0.717) is 5.56 Å². The van der Waals surface area contributed by atoms with Gasteiger partial charge in [-0.15, -0.1) is 0 Å². The number of nitrogens with zero attached hydrogens (tertiary/aromatic N) is 2. The Morgan fingerprint density at radius 3 is 2.41 bits per heavy atom. The first kappa shape index (κ1) is 22.0. The average molecular weight is 418 g/mol. The van der Waals surface area contributed by atoms with Crippen molar-refractivity contribution in [2.75, 3.05) is 11.9 Å². The van der Waals surface area contributed by atoms with Crippen LogP contribution in [0.15, 0.2) is 36.7 Å². The average Bonchev–Trinajstić information content (AvgIpc) is 2.64. The number of hydrogen-bond donors (Lipinski definition) is 2. The van der Waals surface area contributed by atoms with Gasteiger partial charge < -0.3 is 15.4 Å². The van der Waals surface area contributed by atoms with Crippen LogP contribution < -0.4 is 15.4 Å². The van der Waals surface area contributed by atoms with E-state index < -0.39 is 30.5 Å². The van der Waals surface area contributed by atoms with E-state index in [1.165, 1.54) is 31.3 Å². The first-order chi connectivity index (χ1) is 13.5. The van der Waals surface area contributed by atoms with Crippen LogP contribution in [0.5, 0.6) is 5.88 Å². The van der Waals surface area contributed by atoms with E-state index in [2.05, 4.69) is 25.3 Å². The van der Waals surface area contributed by atoms with Crippen LogP contribution in [-0.4, -0.2) is 40.5 Å². The van der Waals surface area contributed by atoms with Gasteiger partial charge in [0, 0.05) is 37.5 Å². The fourth-order valence-corrected chi connectivity index (χ4v) is 1.95. The molecular weight excluding hydrogens is 403 g/mol. The monoisotopic (exact) mass is 418 g/mol. The van der Waals surface area contributed by atoms with E-state index >= 15 is 0 Å². The number of carbonyl (C=O) groups excluding carboxylic acids is 2. The lowest BCUT2D eigenvalue weighted by atomic mass is 10.2. The zero-order chi connectivity index (χ0) is 21.7. The van der Waals surface area contributed by atoms with E-state index in [0.717, 1.165) is 12.3 Å².